The van der Waals surface area contributed by atoms with Crippen molar-refractivity contribution in [2.45, 2.75) is 221 Å². The van der Waals surface area contributed by atoms with Crippen molar-refractivity contribution >= 4 is 46.9 Å². The fraction of sp³-hybridized carbons (Fsp3) is 0.875. The second kappa shape index (κ2) is 51.6. The highest BCUT2D eigenvalue weighted by Crippen LogP contribution is 2.29. The van der Waals surface area contributed by atoms with Gasteiger partial charge >= 0.3 is 0 Å². The molecule has 15 atom stereocenters. The monoisotopic (exact) mass is 1430 g/mol. The number of rotatable bonds is 57. The standard InChI is InChI=1S/C64H113N5O30/c1-41(73)66-52-58(84)55(81)47(38-70)97-61(52)94-35-32-91-29-26-88-23-8-12-45(77)15-18-64(69-51(80)14-7-11-44(76)10-5-6-22-87-4,19-16-46(78)13-9-24-89-27-30-92-33-36-95-62-53(67-42(2)74)59(85)56(82)48(39-71)98-62)20-17-50(79)65-21-25-90-28-31-93-34-37-96-63-54(68-43(3)75)60(86)57(83)49(40-72)99-63/h47-49,52-63,70-72,81-86H,5-40H2,1-4H3,(H,65,79)(H,66,73)(H,67,74)(H,68,75)(H,69,80)/t47?,48?,49?,52?,53?,54?,55-,56-,57-,58+,59+,60+,61+,62+,63+,64?/m0/s1. The van der Waals surface area contributed by atoms with Crippen molar-refractivity contribution in [2.75, 3.05) is 139 Å². The summed E-state index contributed by atoms with van der Waals surface area (Å²) in [4.78, 5) is 103. The van der Waals surface area contributed by atoms with Crippen LogP contribution in [-0.4, -0.2) is 329 Å². The van der Waals surface area contributed by atoms with Gasteiger partial charge in [-0.3, -0.25) is 38.4 Å². The number of amides is 5. The van der Waals surface area contributed by atoms with Crippen molar-refractivity contribution < 1.29 is 146 Å². The first kappa shape index (κ1) is 88.7. The Bertz CT molecular complexity index is 2090. The number of carbonyl (C=O) groups excluding carboxylic acids is 8. The molecule has 0 spiro atoms. The maximum atomic E-state index is 13.9. The lowest BCUT2D eigenvalue weighted by molar-refractivity contribution is -0.272. The summed E-state index contributed by atoms with van der Waals surface area (Å²) in [5.74, 6) is -2.65. The van der Waals surface area contributed by atoms with Crippen LogP contribution in [0.1, 0.15) is 124 Å². The van der Waals surface area contributed by atoms with E-state index in [-0.39, 0.29) is 194 Å². The molecule has 6 unspecified atom stereocenters. The van der Waals surface area contributed by atoms with Gasteiger partial charge in [-0.2, -0.15) is 0 Å². The van der Waals surface area contributed by atoms with Gasteiger partial charge in [0.15, 0.2) is 18.9 Å². The van der Waals surface area contributed by atoms with Gasteiger partial charge in [-0.15, -0.1) is 0 Å². The number of methoxy groups -OCH3 is 1. The van der Waals surface area contributed by atoms with Gasteiger partial charge in [0.1, 0.15) is 90.4 Å². The van der Waals surface area contributed by atoms with Crippen LogP contribution < -0.4 is 26.6 Å². The molecule has 3 rings (SSSR count). The molecule has 574 valence electrons. The van der Waals surface area contributed by atoms with Crippen molar-refractivity contribution in [2.24, 2.45) is 0 Å². The number of carbonyl (C=O) groups is 8. The quantitative estimate of drug-likeness (QED) is 0.0255. The summed E-state index contributed by atoms with van der Waals surface area (Å²) in [6.07, 6.45) is -12.8. The van der Waals surface area contributed by atoms with Crippen molar-refractivity contribution in [3.05, 3.63) is 0 Å². The minimum Gasteiger partial charge on any atom is -0.394 e. The minimum absolute atomic E-state index is 0.00574. The van der Waals surface area contributed by atoms with Crippen LogP contribution in [0, 0.1) is 0 Å². The zero-order valence-electron chi connectivity index (χ0n) is 57.7. The lowest BCUT2D eigenvalue weighted by Gasteiger charge is -2.42. The summed E-state index contributed by atoms with van der Waals surface area (Å²) >= 11 is 0. The van der Waals surface area contributed by atoms with Gasteiger partial charge in [-0.25, -0.2) is 0 Å². The molecular formula is C64H113N5O30. The van der Waals surface area contributed by atoms with Gasteiger partial charge in [-0.1, -0.05) is 0 Å². The zero-order valence-corrected chi connectivity index (χ0v) is 57.7. The van der Waals surface area contributed by atoms with Crippen molar-refractivity contribution in [3.63, 3.8) is 0 Å². The predicted molar refractivity (Wildman–Crippen MR) is 344 cm³/mol. The van der Waals surface area contributed by atoms with Crippen molar-refractivity contribution in [3.8, 4) is 0 Å². The number of Topliss-reactive ketones (excluding diaryl/α,β-unsaturated/α-hetero) is 3. The van der Waals surface area contributed by atoms with Gasteiger partial charge in [0.05, 0.1) is 106 Å². The number of hydrogen-bond donors (Lipinski definition) is 14. The van der Waals surface area contributed by atoms with E-state index in [9.17, 15) is 84.3 Å². The minimum atomic E-state index is -1.47. The summed E-state index contributed by atoms with van der Waals surface area (Å²) in [6, 6.07) is -3.32. The molecule has 0 radical (unpaired) electrons. The first-order chi connectivity index (χ1) is 47.5. The molecule has 0 saturated carbocycles. The second-order valence-electron chi connectivity index (χ2n) is 24.4. The molecular weight excluding hydrogens is 1320 g/mol. The molecule has 3 heterocycles. The second-order valence-corrected chi connectivity index (χ2v) is 24.4. The van der Waals surface area contributed by atoms with E-state index in [1.807, 2.05) is 0 Å². The molecule has 99 heavy (non-hydrogen) atoms. The fourth-order valence-electron chi connectivity index (χ4n) is 11.0. The lowest BCUT2D eigenvalue weighted by atomic mass is 9.81. The smallest absolute Gasteiger partial charge is 0.220 e. The average Bonchev–Trinajstić information content (AvgIpc) is 0.824. The number of ether oxygens (including phenoxy) is 13. The van der Waals surface area contributed by atoms with Crippen LogP contribution in [-0.2, 0) is 99.9 Å². The SMILES string of the molecule is COCCCCC(=O)CCCC(=O)NC(CCC(=O)CCCOCCOCCO[C@@H]1OC(CO)[C@H](O)[C@H](O)C1NC(C)=O)(CCC(=O)CCCOCCOCCO[C@@H]1OC(CO)[C@H](O)[C@H](O)C1NC(C)=O)CCC(=O)NCCOCCOCCO[C@@H]1OC(CO)[C@H](O)[C@H](O)C1NC(C)=O. The molecule has 14 N–H and O–H groups in total. The predicted octanol–water partition coefficient (Wildman–Crippen LogP) is -4.47. The topological polar surface area (TPSA) is 499 Å². The number of aliphatic hydroxyl groups is 9. The third-order valence-electron chi connectivity index (χ3n) is 16.4. The molecule has 35 nitrogen and oxygen atoms in total. The summed E-state index contributed by atoms with van der Waals surface area (Å²) in [5, 5.41) is 104. The maximum absolute atomic E-state index is 13.9. The largest absolute Gasteiger partial charge is 0.394 e. The van der Waals surface area contributed by atoms with E-state index in [0.717, 1.165) is 0 Å². The van der Waals surface area contributed by atoms with Crippen LogP contribution in [0.25, 0.3) is 0 Å². The van der Waals surface area contributed by atoms with Crippen LogP contribution in [0.15, 0.2) is 0 Å². The van der Waals surface area contributed by atoms with Gasteiger partial charge in [0.2, 0.25) is 29.5 Å². The molecule has 3 fully saturated rings. The summed E-state index contributed by atoms with van der Waals surface area (Å²) in [5.41, 5.74) is -1.22. The summed E-state index contributed by atoms with van der Waals surface area (Å²) in [6.45, 7) is 3.85. The third-order valence-corrected chi connectivity index (χ3v) is 16.4. The molecule has 5 amide bonds. The molecule has 3 aliphatic heterocycles. The van der Waals surface area contributed by atoms with Gasteiger partial charge in [0, 0.05) is 111 Å². The molecule has 0 aromatic carbocycles. The van der Waals surface area contributed by atoms with Crippen LogP contribution in [0.5, 0.6) is 0 Å². The van der Waals surface area contributed by atoms with E-state index >= 15 is 0 Å². The highest BCUT2D eigenvalue weighted by molar-refractivity contribution is 5.82. The maximum Gasteiger partial charge on any atom is 0.220 e. The Labute approximate surface area is 577 Å². The molecule has 35 heteroatoms. The molecule has 0 aliphatic carbocycles. The molecule has 0 aromatic heterocycles. The average molecular weight is 1430 g/mol. The molecule has 3 aliphatic rings. The third kappa shape index (κ3) is 36.0. The lowest BCUT2D eigenvalue weighted by Crippen LogP contribution is -2.64. The fourth-order valence-corrected chi connectivity index (χ4v) is 11.0. The summed E-state index contributed by atoms with van der Waals surface area (Å²) in [7, 11) is 1.58. The normalized spacial score (nSPS) is 26.1. The Morgan fingerprint density at radius 2 is 0.697 bits per heavy atom. The Morgan fingerprint density at radius 1 is 0.364 bits per heavy atom. The number of nitrogens with one attached hydrogen (secondary N) is 5. The van der Waals surface area contributed by atoms with E-state index < -0.39 is 147 Å². The van der Waals surface area contributed by atoms with Crippen LogP contribution in [0.2, 0.25) is 0 Å². The van der Waals surface area contributed by atoms with Crippen molar-refractivity contribution in [1.29, 1.82) is 0 Å². The van der Waals surface area contributed by atoms with Gasteiger partial charge in [-0.05, 0) is 51.4 Å². The van der Waals surface area contributed by atoms with Gasteiger partial charge in [0.25, 0.3) is 0 Å². The first-order valence-electron chi connectivity index (χ1n) is 34.1. The van der Waals surface area contributed by atoms with E-state index in [2.05, 4.69) is 26.6 Å². The Morgan fingerprint density at radius 3 is 1.07 bits per heavy atom. The van der Waals surface area contributed by atoms with E-state index in [0.29, 0.717) is 38.7 Å². The highest BCUT2D eigenvalue weighted by atomic mass is 16.7. The zero-order chi connectivity index (χ0) is 73.0. The van der Waals surface area contributed by atoms with E-state index in [1.54, 1.807) is 7.11 Å². The van der Waals surface area contributed by atoms with Crippen molar-refractivity contribution in [1.82, 2.24) is 26.6 Å². The van der Waals surface area contributed by atoms with Gasteiger partial charge < -0.3 is 134 Å². The summed E-state index contributed by atoms with van der Waals surface area (Å²) < 4.78 is 72.4. The molecule has 0 bridgehead atoms. The van der Waals surface area contributed by atoms with E-state index in [1.165, 1.54) is 20.8 Å². The highest BCUT2D eigenvalue weighted by Gasteiger charge is 2.48. The first-order valence-corrected chi connectivity index (χ1v) is 34.1. The number of ketones is 3. The Hall–Kier alpha value is -4.52. The van der Waals surface area contributed by atoms with E-state index in [4.69, 9.17) is 61.6 Å². The number of aliphatic hydroxyl groups excluding tert-OH is 9. The van der Waals surface area contributed by atoms with Crippen LogP contribution in [0.4, 0.5) is 0 Å². The Kier molecular flexibility index (Phi) is 46.2. The number of hydrogen-bond acceptors (Lipinski definition) is 30. The van der Waals surface area contributed by atoms with Crippen LogP contribution >= 0.6 is 0 Å². The number of unbranched alkanes of at least 4 members (excludes halogenated alkanes) is 1. The molecule has 3 saturated heterocycles. The molecule has 0 aromatic rings. The van der Waals surface area contributed by atoms with Crippen LogP contribution in [0.3, 0.4) is 0 Å². The Balaban J connectivity index is 1.58.